The van der Waals surface area contributed by atoms with Gasteiger partial charge in [0, 0.05) is 63.5 Å². The van der Waals surface area contributed by atoms with E-state index in [9.17, 15) is 24.0 Å². The van der Waals surface area contributed by atoms with Gasteiger partial charge in [-0.05, 0) is 92.8 Å². The molecule has 4 aromatic carbocycles. The van der Waals surface area contributed by atoms with Gasteiger partial charge in [-0.15, -0.1) is 0 Å². The summed E-state index contributed by atoms with van der Waals surface area (Å²) in [6.45, 7) is 8.30. The monoisotopic (exact) mass is 1180 g/mol. The molecule has 10 rings (SSSR count). The number of hydrogen-bond donors (Lipinski definition) is 1. The standard InChI is InChI=1S/C62H69ClFN13O8/c1-38(2)85-52-33-44(82-6)18-20-46(52)59-69-56(40-11-9-39(3)10-12-40)57(41-13-15-42(63)16-14-41)77(59)62(81)74-25-24-73(54(79)37-74)27-29-84-31-30-83-28-21-53(78)71(4)23-26-76-51-36-72(5)61(80)45-19-17-43(64)32-47(45)50-8-7-22-75(50)60-58(66)67-35-49(68-60)55(51)48(34-65)70-76/h9-20,32-33,35,38,50,56-57H,7-8,21-31,36-37H2,1-6H3,(H2,66,67)/t50-,56+,57-/m1/s1. The number of fused-ring (bicyclic) bond motifs is 8. The zero-order valence-electron chi connectivity index (χ0n) is 48.5. The van der Waals surface area contributed by atoms with Crippen molar-refractivity contribution >= 4 is 52.8 Å². The first-order valence-corrected chi connectivity index (χ1v) is 28.8. The number of aliphatic imine (C=N–C) groups is 1. The third kappa shape index (κ3) is 12.9. The molecular formula is C62H69ClFN13O8. The van der Waals surface area contributed by atoms with Crippen LogP contribution in [0, 0.1) is 24.1 Å². The van der Waals surface area contributed by atoms with Crippen LogP contribution < -0.4 is 20.1 Å². The number of benzene rings is 4. The van der Waals surface area contributed by atoms with Gasteiger partial charge in [0.25, 0.3) is 5.91 Å². The van der Waals surface area contributed by atoms with Crippen LogP contribution >= 0.6 is 11.6 Å². The smallest absolute Gasteiger partial charge is 0.326 e. The molecule has 444 valence electrons. The number of methoxy groups -OCH3 is 1. The fraction of sp³-hybridized carbons (Fsp3) is 0.403. The van der Waals surface area contributed by atoms with Gasteiger partial charge in [0.15, 0.2) is 17.3 Å². The largest absolute Gasteiger partial charge is 0.497 e. The number of hydrogen-bond acceptors (Lipinski definition) is 15. The van der Waals surface area contributed by atoms with Gasteiger partial charge in [-0.3, -0.25) is 29.0 Å². The molecule has 0 unspecified atom stereocenters. The molecule has 0 radical (unpaired) electrons. The van der Waals surface area contributed by atoms with Gasteiger partial charge in [-0.1, -0.05) is 53.6 Å². The van der Waals surface area contributed by atoms with Crippen LogP contribution in [-0.2, 0) is 32.2 Å². The summed E-state index contributed by atoms with van der Waals surface area (Å²) < 4.78 is 40.0. The topological polar surface area (TPSA) is 230 Å². The molecule has 2 saturated heterocycles. The van der Waals surface area contributed by atoms with E-state index in [0.29, 0.717) is 81.3 Å². The first-order valence-electron chi connectivity index (χ1n) is 28.5. The van der Waals surface area contributed by atoms with E-state index in [1.807, 2.05) is 74.2 Å². The van der Waals surface area contributed by atoms with E-state index in [-0.39, 0.29) is 120 Å². The molecule has 0 aliphatic carbocycles. The van der Waals surface area contributed by atoms with Crippen LogP contribution in [-0.4, -0.2) is 167 Å². The second-order valence-electron chi connectivity index (χ2n) is 21.8. The quantitative estimate of drug-likeness (QED) is 0.0804. The van der Waals surface area contributed by atoms with Crippen molar-refractivity contribution in [1.82, 2.24) is 44.2 Å². The van der Waals surface area contributed by atoms with E-state index in [0.717, 1.165) is 23.1 Å². The summed E-state index contributed by atoms with van der Waals surface area (Å²) in [5.41, 5.74) is 12.0. The Morgan fingerprint density at radius 2 is 1.66 bits per heavy atom. The number of amidine groups is 1. The molecule has 2 N–H and O–H groups in total. The van der Waals surface area contributed by atoms with Crippen LogP contribution in [0.5, 0.6) is 11.5 Å². The fourth-order valence-corrected chi connectivity index (χ4v) is 11.5. The van der Waals surface area contributed by atoms with Crippen molar-refractivity contribution in [3.05, 3.63) is 147 Å². The Hall–Kier alpha value is -8.65. The number of likely N-dealkylation sites (N-methyl/N-ethyl adjacent to an activating group) is 1. The third-order valence-electron chi connectivity index (χ3n) is 15.8. The van der Waals surface area contributed by atoms with Crippen molar-refractivity contribution in [1.29, 1.82) is 5.26 Å². The molecule has 6 heterocycles. The maximum atomic E-state index is 15.2. The number of ether oxygens (including phenoxy) is 4. The maximum absolute atomic E-state index is 15.2. The number of carbonyl (C=O) groups is 4. The van der Waals surface area contributed by atoms with Crippen LogP contribution in [0.1, 0.15) is 101 Å². The number of halogens is 2. The molecule has 2 aromatic heterocycles. The Balaban J connectivity index is 0.726. The Bertz CT molecular complexity index is 3540. The lowest BCUT2D eigenvalue weighted by atomic mass is 9.93. The van der Waals surface area contributed by atoms with Crippen LogP contribution in [0.3, 0.4) is 0 Å². The minimum absolute atomic E-state index is 0.0123. The van der Waals surface area contributed by atoms with Crippen molar-refractivity contribution in [3.63, 3.8) is 0 Å². The highest BCUT2D eigenvalue weighted by molar-refractivity contribution is 6.30. The third-order valence-corrected chi connectivity index (χ3v) is 16.0. The molecule has 6 aromatic rings. The number of nitriles is 1. The summed E-state index contributed by atoms with van der Waals surface area (Å²) in [5, 5.41) is 15.6. The highest BCUT2D eigenvalue weighted by Gasteiger charge is 2.46. The summed E-state index contributed by atoms with van der Waals surface area (Å²) in [6.07, 6.45) is 2.76. The van der Waals surface area contributed by atoms with Crippen molar-refractivity contribution < 1.29 is 42.5 Å². The van der Waals surface area contributed by atoms with Crippen molar-refractivity contribution in [3.8, 4) is 28.8 Å². The Morgan fingerprint density at radius 3 is 2.39 bits per heavy atom. The number of rotatable bonds is 18. The molecule has 4 aliphatic heterocycles. The Kier molecular flexibility index (Phi) is 18.3. The van der Waals surface area contributed by atoms with Crippen LogP contribution in [0.15, 0.2) is 96.1 Å². The zero-order valence-corrected chi connectivity index (χ0v) is 49.3. The number of nitrogens with zero attached hydrogens (tertiary/aromatic N) is 12. The first-order chi connectivity index (χ1) is 41.0. The molecule has 85 heavy (non-hydrogen) atoms. The van der Waals surface area contributed by atoms with Gasteiger partial charge in [0.2, 0.25) is 11.8 Å². The van der Waals surface area contributed by atoms with E-state index >= 15 is 4.79 Å². The number of piperazine rings is 1. The number of anilines is 2. The number of urea groups is 1. The van der Waals surface area contributed by atoms with E-state index in [2.05, 4.69) is 16.2 Å². The summed E-state index contributed by atoms with van der Waals surface area (Å²) in [4.78, 5) is 81.3. The highest BCUT2D eigenvalue weighted by atomic mass is 35.5. The lowest BCUT2D eigenvalue weighted by Crippen LogP contribution is -2.56. The Labute approximate surface area is 498 Å². The zero-order chi connectivity index (χ0) is 60.1. The fourth-order valence-electron chi connectivity index (χ4n) is 11.4. The van der Waals surface area contributed by atoms with Crippen LogP contribution in [0.2, 0.25) is 5.02 Å². The lowest BCUT2D eigenvalue weighted by Gasteiger charge is -2.38. The molecule has 2 bridgehead atoms. The number of amides is 5. The highest BCUT2D eigenvalue weighted by Crippen LogP contribution is 2.46. The second kappa shape index (κ2) is 26.1. The molecule has 0 saturated carbocycles. The molecule has 0 spiro atoms. The SMILES string of the molecule is COc1ccc(C2=N[C@@H](c3ccc(C)cc3)[C@@H](c3ccc(Cl)cc3)N2C(=O)N2CCN(CCOCCOCCC(=O)N(C)CCn3nc(C#N)c4c3CN(C)C(=O)c3ccc(F)cc3[C@H]3CCCN3c3nc-4cnc3N)C(=O)C2)c(OC(C)C)c1. The van der Waals surface area contributed by atoms with E-state index in [4.69, 9.17) is 46.3 Å². The molecular weight excluding hydrogens is 1110 g/mol. The molecule has 5 amide bonds. The number of aromatic nitrogens is 4. The van der Waals surface area contributed by atoms with Crippen molar-refractivity contribution in [2.75, 3.05) is 97.5 Å². The predicted octanol–water partition coefficient (Wildman–Crippen LogP) is 8.01. The molecule has 3 atom stereocenters. The number of carbonyl (C=O) groups excluding carboxylic acids is 4. The second-order valence-corrected chi connectivity index (χ2v) is 22.2. The van der Waals surface area contributed by atoms with Crippen LogP contribution in [0.4, 0.5) is 20.8 Å². The van der Waals surface area contributed by atoms with Gasteiger partial charge < -0.3 is 49.2 Å². The predicted molar refractivity (Wildman–Crippen MR) is 317 cm³/mol. The van der Waals surface area contributed by atoms with Gasteiger partial charge in [-0.2, -0.15) is 10.4 Å². The lowest BCUT2D eigenvalue weighted by molar-refractivity contribution is -0.135. The van der Waals surface area contributed by atoms with Gasteiger partial charge in [0.1, 0.15) is 41.8 Å². The van der Waals surface area contributed by atoms with E-state index in [1.165, 1.54) is 29.3 Å². The number of aryl methyl sites for hydroxylation is 1. The average molecular weight is 1180 g/mol. The van der Waals surface area contributed by atoms with E-state index in [1.54, 1.807) is 63.7 Å². The van der Waals surface area contributed by atoms with Gasteiger partial charge >= 0.3 is 6.03 Å². The minimum atomic E-state index is -0.600. The first kappa shape index (κ1) is 59.5. The van der Waals surface area contributed by atoms with E-state index < -0.39 is 17.9 Å². The summed E-state index contributed by atoms with van der Waals surface area (Å²) in [7, 11) is 4.89. The number of nitrogen functional groups attached to an aromatic ring is 1. The molecule has 23 heteroatoms. The van der Waals surface area contributed by atoms with Gasteiger partial charge in [-0.25, -0.2) is 19.2 Å². The average Bonchev–Trinajstić information content (AvgIpc) is 2.90. The van der Waals surface area contributed by atoms with Gasteiger partial charge in [0.05, 0.1) is 99.9 Å². The summed E-state index contributed by atoms with van der Waals surface area (Å²) >= 11 is 6.41. The normalized spacial score (nSPS) is 17.7. The van der Waals surface area contributed by atoms with Crippen LogP contribution in [0.25, 0.3) is 11.3 Å². The maximum Gasteiger partial charge on any atom is 0.326 e. The van der Waals surface area contributed by atoms with Crippen molar-refractivity contribution in [2.45, 2.75) is 77.4 Å². The summed E-state index contributed by atoms with van der Waals surface area (Å²) in [5.74, 6) is 0.799. The molecule has 4 aliphatic rings. The molecule has 2 fully saturated rings. The molecule has 21 nitrogen and oxygen atoms in total. The van der Waals surface area contributed by atoms with Crippen molar-refractivity contribution in [2.24, 2.45) is 4.99 Å². The number of nitrogens with two attached hydrogens (primary N) is 1. The summed E-state index contributed by atoms with van der Waals surface area (Å²) in [6, 6.07) is 25.4. The Morgan fingerprint density at radius 1 is 0.918 bits per heavy atom. The minimum Gasteiger partial charge on any atom is -0.497 e.